The highest BCUT2D eigenvalue weighted by Crippen LogP contribution is 2.41. The number of aromatic amines is 1. The highest BCUT2D eigenvalue weighted by atomic mass is 16.6. The van der Waals surface area contributed by atoms with Crippen molar-refractivity contribution < 1.29 is 9.72 Å². The number of H-pyrrole nitrogens is 1. The highest BCUT2D eigenvalue weighted by Gasteiger charge is 2.19. The molecule has 0 fully saturated rings. The lowest BCUT2D eigenvalue weighted by Crippen LogP contribution is -2.31. The maximum absolute atomic E-state index is 12.4. The number of hydrogen-bond donors (Lipinski definition) is 1. The zero-order valence-electron chi connectivity index (χ0n) is 21.6. The second-order valence-corrected chi connectivity index (χ2v) is 9.62. The van der Waals surface area contributed by atoms with Crippen molar-refractivity contribution in [3.8, 4) is 22.3 Å². The molecule has 0 spiro atoms. The van der Waals surface area contributed by atoms with Crippen LogP contribution >= 0.6 is 0 Å². The minimum atomic E-state index is -0.379. The Bertz CT molecular complexity index is 1630. The maximum Gasteiger partial charge on any atom is 0.270 e. The number of rotatable bonds is 8. The molecule has 1 N–H and O–H groups in total. The van der Waals surface area contributed by atoms with Crippen LogP contribution in [-0.4, -0.2) is 52.9 Å². The van der Waals surface area contributed by atoms with E-state index in [1.165, 1.54) is 6.07 Å². The van der Waals surface area contributed by atoms with Gasteiger partial charge in [-0.3, -0.25) is 14.9 Å². The number of carbonyl (C=O) groups is 1. The first-order valence-electron chi connectivity index (χ1n) is 12.5. The van der Waals surface area contributed by atoms with Crippen LogP contribution in [0.25, 0.3) is 44.2 Å². The summed E-state index contributed by atoms with van der Waals surface area (Å²) in [6.07, 6.45) is 2.71. The van der Waals surface area contributed by atoms with Gasteiger partial charge in [-0.2, -0.15) is 0 Å². The number of nitrogens with zero attached hydrogens (tertiary/aromatic N) is 4. The van der Waals surface area contributed by atoms with E-state index in [9.17, 15) is 14.9 Å². The largest absolute Gasteiger partial charge is 0.339 e. The Hall–Kier alpha value is -4.56. The number of amides is 1. The number of nitrogens with one attached hydrogen (secondary N) is 1. The molecule has 8 heteroatoms. The van der Waals surface area contributed by atoms with E-state index >= 15 is 0 Å². The molecule has 2 heterocycles. The minimum absolute atomic E-state index is 0.00459. The molecule has 0 aliphatic carbocycles. The molecule has 0 atom stereocenters. The van der Waals surface area contributed by atoms with E-state index in [-0.39, 0.29) is 16.5 Å². The fourth-order valence-corrected chi connectivity index (χ4v) is 4.92. The van der Waals surface area contributed by atoms with Crippen molar-refractivity contribution in [3.63, 3.8) is 0 Å². The molecular weight excluding hydrogens is 478 g/mol. The van der Waals surface area contributed by atoms with Crippen molar-refractivity contribution in [3.05, 3.63) is 89.1 Å². The molecule has 1 amide bonds. The van der Waals surface area contributed by atoms with Crippen molar-refractivity contribution in [2.75, 3.05) is 32.1 Å². The Kier molecular flexibility index (Phi) is 6.89. The second kappa shape index (κ2) is 10.4. The summed E-state index contributed by atoms with van der Waals surface area (Å²) in [5.74, 6) is 0.00459. The smallest absolute Gasteiger partial charge is 0.270 e. The lowest BCUT2D eigenvalue weighted by molar-refractivity contribution is -0.384. The van der Waals surface area contributed by atoms with E-state index in [0.29, 0.717) is 12.2 Å². The average molecular weight is 508 g/mol. The molecule has 5 aromatic rings. The van der Waals surface area contributed by atoms with E-state index in [2.05, 4.69) is 9.88 Å². The van der Waals surface area contributed by atoms with Gasteiger partial charge in [-0.1, -0.05) is 42.5 Å². The van der Waals surface area contributed by atoms with Gasteiger partial charge in [0, 0.05) is 64.9 Å². The van der Waals surface area contributed by atoms with Gasteiger partial charge in [0.2, 0.25) is 5.91 Å². The molecule has 0 saturated carbocycles. The molecule has 3 aromatic carbocycles. The third kappa shape index (κ3) is 4.86. The number of fused-ring (bicyclic) bond motifs is 3. The van der Waals surface area contributed by atoms with Gasteiger partial charge in [-0.25, -0.2) is 4.98 Å². The molecule has 0 radical (unpaired) electrons. The molecule has 0 bridgehead atoms. The summed E-state index contributed by atoms with van der Waals surface area (Å²) in [5.41, 5.74) is 6.12. The number of nitro benzene ring substituents is 1. The van der Waals surface area contributed by atoms with Crippen LogP contribution < -0.4 is 4.90 Å². The molecule has 0 unspecified atom stereocenters. The van der Waals surface area contributed by atoms with Crippen LogP contribution in [0.2, 0.25) is 0 Å². The van der Waals surface area contributed by atoms with E-state index in [4.69, 9.17) is 4.98 Å². The van der Waals surface area contributed by atoms with Crippen LogP contribution in [-0.2, 0) is 4.79 Å². The minimum Gasteiger partial charge on any atom is -0.339 e. The van der Waals surface area contributed by atoms with Gasteiger partial charge in [-0.05, 0) is 56.4 Å². The van der Waals surface area contributed by atoms with Crippen LogP contribution in [0, 0.1) is 10.1 Å². The number of pyridine rings is 1. The van der Waals surface area contributed by atoms with Gasteiger partial charge >= 0.3 is 0 Å². The van der Waals surface area contributed by atoms with Crippen LogP contribution in [0.4, 0.5) is 11.4 Å². The molecular formula is C30H29N5O3. The fourth-order valence-electron chi connectivity index (χ4n) is 4.92. The Balaban J connectivity index is 1.65. The lowest BCUT2D eigenvalue weighted by Gasteiger charge is -2.22. The standard InChI is InChI=1S/C30H29N5O3/c1-20(36)34(17-7-16-33(2)3)23-12-10-21(11-13-23)26-19-31-30-29(28(26)22-8-5-4-6-9-22)25-18-24(35(37)38)14-15-27(25)32-30/h4-6,8-15,18-19H,7,16-17H2,1-3H3,(H,31,32). The number of hydrogen-bond acceptors (Lipinski definition) is 5. The Morgan fingerprint density at radius 2 is 1.71 bits per heavy atom. The molecule has 0 aliphatic heterocycles. The zero-order chi connectivity index (χ0) is 26.8. The van der Waals surface area contributed by atoms with Crippen molar-refractivity contribution in [2.45, 2.75) is 13.3 Å². The summed E-state index contributed by atoms with van der Waals surface area (Å²) < 4.78 is 0. The Morgan fingerprint density at radius 1 is 0.974 bits per heavy atom. The quantitative estimate of drug-likeness (QED) is 0.197. The van der Waals surface area contributed by atoms with Gasteiger partial charge in [0.15, 0.2) is 0 Å². The van der Waals surface area contributed by atoms with E-state index in [1.54, 1.807) is 24.0 Å². The molecule has 8 nitrogen and oxygen atoms in total. The number of nitro groups is 1. The summed E-state index contributed by atoms with van der Waals surface area (Å²) in [7, 11) is 4.04. The number of carbonyl (C=O) groups excluding carboxylic acids is 1. The third-order valence-corrected chi connectivity index (χ3v) is 6.73. The van der Waals surface area contributed by atoms with Crippen molar-refractivity contribution in [1.82, 2.24) is 14.9 Å². The Morgan fingerprint density at radius 3 is 2.37 bits per heavy atom. The van der Waals surface area contributed by atoms with Crippen LogP contribution in [0.15, 0.2) is 79.0 Å². The van der Waals surface area contributed by atoms with Crippen LogP contribution in [0.1, 0.15) is 13.3 Å². The topological polar surface area (TPSA) is 95.4 Å². The predicted molar refractivity (Wildman–Crippen MR) is 152 cm³/mol. The molecule has 0 aliphatic rings. The SMILES string of the molecule is CC(=O)N(CCCN(C)C)c1ccc(-c2cnc3[nH]c4ccc([N+](=O)[O-])cc4c3c2-c2ccccc2)cc1. The van der Waals surface area contributed by atoms with Gasteiger partial charge in [0.25, 0.3) is 5.69 Å². The second-order valence-electron chi connectivity index (χ2n) is 9.62. The van der Waals surface area contributed by atoms with Gasteiger partial charge in [-0.15, -0.1) is 0 Å². The van der Waals surface area contributed by atoms with E-state index < -0.39 is 0 Å². The van der Waals surface area contributed by atoms with E-state index in [0.717, 1.165) is 57.2 Å². The van der Waals surface area contributed by atoms with Crippen molar-refractivity contribution in [1.29, 1.82) is 0 Å². The Labute approximate surface area is 220 Å². The first kappa shape index (κ1) is 25.1. The first-order valence-corrected chi connectivity index (χ1v) is 12.5. The summed E-state index contributed by atoms with van der Waals surface area (Å²) in [5, 5.41) is 13.1. The molecule has 2 aromatic heterocycles. The van der Waals surface area contributed by atoms with Crippen LogP contribution in [0.3, 0.4) is 0 Å². The van der Waals surface area contributed by atoms with Gasteiger partial charge in [0.1, 0.15) is 5.65 Å². The number of anilines is 1. The van der Waals surface area contributed by atoms with Crippen molar-refractivity contribution >= 4 is 39.2 Å². The summed E-state index contributed by atoms with van der Waals surface area (Å²) in [6.45, 7) is 3.13. The highest BCUT2D eigenvalue weighted by molar-refractivity contribution is 6.16. The average Bonchev–Trinajstić information content (AvgIpc) is 3.29. The molecule has 5 rings (SSSR count). The maximum atomic E-state index is 12.4. The normalized spacial score (nSPS) is 11.4. The molecule has 38 heavy (non-hydrogen) atoms. The van der Waals surface area contributed by atoms with Gasteiger partial charge in [0.05, 0.1) is 4.92 Å². The van der Waals surface area contributed by atoms with Crippen LogP contribution in [0.5, 0.6) is 0 Å². The number of non-ortho nitro benzene ring substituents is 1. The summed E-state index contributed by atoms with van der Waals surface area (Å²) >= 11 is 0. The summed E-state index contributed by atoms with van der Waals surface area (Å²) in [4.78, 5) is 35.5. The van der Waals surface area contributed by atoms with Crippen molar-refractivity contribution in [2.24, 2.45) is 0 Å². The third-order valence-electron chi connectivity index (χ3n) is 6.73. The number of benzene rings is 3. The van der Waals surface area contributed by atoms with E-state index in [1.807, 2.05) is 74.9 Å². The summed E-state index contributed by atoms with van der Waals surface area (Å²) in [6, 6.07) is 22.7. The van der Waals surface area contributed by atoms with Gasteiger partial charge < -0.3 is 14.8 Å². The zero-order valence-corrected chi connectivity index (χ0v) is 21.6. The fraction of sp³-hybridized carbons (Fsp3) is 0.200. The lowest BCUT2D eigenvalue weighted by atomic mass is 9.92. The number of aromatic nitrogens is 2. The predicted octanol–water partition coefficient (Wildman–Crippen LogP) is 6.26. The molecule has 0 saturated heterocycles. The monoisotopic (exact) mass is 507 g/mol. The molecule has 192 valence electrons. The first-order chi connectivity index (χ1) is 18.3.